The van der Waals surface area contributed by atoms with E-state index in [0.717, 1.165) is 23.9 Å². The zero-order chi connectivity index (χ0) is 29.1. The molecule has 0 fully saturated rings. The SMILES string of the molecule is C=C(/N=N\N(C)CCC(F)Cn1cc(C(=O)NCc2ccccc2)nn1)C(=O)NCc1cc(C(F)(F)F)ccn1. The highest BCUT2D eigenvalue weighted by Gasteiger charge is 2.30. The lowest BCUT2D eigenvalue weighted by atomic mass is 10.2. The maximum Gasteiger partial charge on any atom is 0.416 e. The molecule has 1 unspecified atom stereocenters. The van der Waals surface area contributed by atoms with E-state index in [-0.39, 0.29) is 43.1 Å². The van der Waals surface area contributed by atoms with Gasteiger partial charge in [-0.15, -0.1) is 10.2 Å². The second-order valence-electron chi connectivity index (χ2n) is 8.61. The van der Waals surface area contributed by atoms with Crippen LogP contribution >= 0.6 is 0 Å². The van der Waals surface area contributed by atoms with Crippen molar-refractivity contribution >= 4 is 11.8 Å². The summed E-state index contributed by atoms with van der Waals surface area (Å²) in [6.07, 6.45) is -3.48. The minimum Gasteiger partial charge on any atom is -0.347 e. The number of amides is 2. The fourth-order valence-electron chi connectivity index (χ4n) is 3.23. The molecule has 0 bridgehead atoms. The van der Waals surface area contributed by atoms with Gasteiger partial charge in [0, 0.05) is 26.3 Å². The van der Waals surface area contributed by atoms with Crippen molar-refractivity contribution in [3.05, 3.63) is 89.6 Å². The number of carbonyl (C=O) groups excluding carboxylic acids is 2. The first-order chi connectivity index (χ1) is 19.0. The van der Waals surface area contributed by atoms with Gasteiger partial charge in [0.05, 0.1) is 30.5 Å². The average molecular weight is 562 g/mol. The lowest BCUT2D eigenvalue weighted by Gasteiger charge is -2.13. The zero-order valence-corrected chi connectivity index (χ0v) is 21.5. The van der Waals surface area contributed by atoms with E-state index in [0.29, 0.717) is 6.54 Å². The molecule has 11 nitrogen and oxygen atoms in total. The highest BCUT2D eigenvalue weighted by molar-refractivity contribution is 5.92. The van der Waals surface area contributed by atoms with Crippen molar-refractivity contribution in [3.63, 3.8) is 0 Å². The molecule has 2 heterocycles. The van der Waals surface area contributed by atoms with E-state index >= 15 is 0 Å². The lowest BCUT2D eigenvalue weighted by Crippen LogP contribution is -2.24. The summed E-state index contributed by atoms with van der Waals surface area (Å²) in [6, 6.07) is 11.0. The molecule has 15 heteroatoms. The third-order valence-electron chi connectivity index (χ3n) is 5.37. The molecule has 1 aromatic carbocycles. The molecule has 0 aliphatic heterocycles. The summed E-state index contributed by atoms with van der Waals surface area (Å²) in [7, 11) is 1.51. The largest absolute Gasteiger partial charge is 0.416 e. The Kier molecular flexibility index (Phi) is 10.4. The molecule has 0 aliphatic rings. The molecule has 0 saturated carbocycles. The van der Waals surface area contributed by atoms with Gasteiger partial charge in [-0.2, -0.15) is 13.2 Å². The van der Waals surface area contributed by atoms with E-state index in [9.17, 15) is 27.2 Å². The number of hydrogen-bond donors (Lipinski definition) is 2. The first-order valence-electron chi connectivity index (χ1n) is 12.0. The van der Waals surface area contributed by atoms with Gasteiger partial charge in [-0.25, -0.2) is 9.07 Å². The second-order valence-corrected chi connectivity index (χ2v) is 8.61. The molecular weight excluding hydrogens is 534 g/mol. The fourth-order valence-corrected chi connectivity index (χ4v) is 3.23. The van der Waals surface area contributed by atoms with Gasteiger partial charge < -0.3 is 10.6 Å². The fraction of sp³-hybridized carbons (Fsp3) is 0.320. The van der Waals surface area contributed by atoms with Crippen molar-refractivity contribution in [1.82, 2.24) is 35.6 Å². The Morgan fingerprint density at radius 1 is 1.15 bits per heavy atom. The number of hydrogen-bond acceptors (Lipinski definition) is 7. The molecule has 2 amide bonds. The van der Waals surface area contributed by atoms with Crippen LogP contribution in [0.15, 0.2) is 77.5 Å². The maximum atomic E-state index is 14.5. The summed E-state index contributed by atoms with van der Waals surface area (Å²) in [5.74, 6) is -1.18. The standard InChI is InChI=1S/C25H27F4N9O2/c1-17(23(39)32-14-21-12-19(8-10-30-21)25(27,28)29)33-35-37(2)11-9-20(26)15-38-16-22(34-36-38)24(40)31-13-18-6-4-3-5-7-18/h3-8,10,12,16,20H,1,9,11,13-15H2,2H3,(H,31,40)(H,32,39)/b35-33-. The van der Waals surface area contributed by atoms with Gasteiger partial charge >= 0.3 is 6.18 Å². The summed E-state index contributed by atoms with van der Waals surface area (Å²) in [5.41, 5.74) is -0.186. The molecule has 0 spiro atoms. The van der Waals surface area contributed by atoms with Crippen molar-refractivity contribution in [2.24, 2.45) is 10.3 Å². The van der Waals surface area contributed by atoms with E-state index in [1.165, 1.54) is 22.9 Å². The smallest absolute Gasteiger partial charge is 0.347 e. The highest BCUT2D eigenvalue weighted by Crippen LogP contribution is 2.28. The normalized spacial score (nSPS) is 12.2. The average Bonchev–Trinajstić information content (AvgIpc) is 3.41. The van der Waals surface area contributed by atoms with Gasteiger partial charge in [0.1, 0.15) is 11.9 Å². The predicted octanol–water partition coefficient (Wildman–Crippen LogP) is 3.48. The van der Waals surface area contributed by atoms with E-state index < -0.39 is 29.7 Å². The molecule has 0 radical (unpaired) electrons. The quantitative estimate of drug-likeness (QED) is 0.142. The van der Waals surface area contributed by atoms with Crippen LogP contribution < -0.4 is 10.6 Å². The number of carbonyl (C=O) groups is 2. The maximum absolute atomic E-state index is 14.5. The van der Waals surface area contributed by atoms with E-state index in [1.807, 2.05) is 30.3 Å². The minimum atomic E-state index is -4.53. The summed E-state index contributed by atoms with van der Waals surface area (Å²) in [4.78, 5) is 28.1. The molecule has 3 aromatic rings. The molecule has 0 saturated heterocycles. The van der Waals surface area contributed by atoms with Crippen LogP contribution in [0.3, 0.4) is 0 Å². The Morgan fingerprint density at radius 2 is 1.90 bits per heavy atom. The number of nitrogens with one attached hydrogen (secondary N) is 2. The second kappa shape index (κ2) is 13.9. The molecule has 212 valence electrons. The number of pyridine rings is 1. The topological polar surface area (TPSA) is 130 Å². The zero-order valence-electron chi connectivity index (χ0n) is 21.5. The van der Waals surface area contributed by atoms with Crippen LogP contribution in [0.5, 0.6) is 0 Å². The Labute approximate surface area is 227 Å². The van der Waals surface area contributed by atoms with Gasteiger partial charge in [-0.1, -0.05) is 47.3 Å². The number of benzene rings is 1. The van der Waals surface area contributed by atoms with Crippen molar-refractivity contribution in [1.29, 1.82) is 0 Å². The van der Waals surface area contributed by atoms with Crippen molar-refractivity contribution in [3.8, 4) is 0 Å². The van der Waals surface area contributed by atoms with Crippen LogP contribution in [0.4, 0.5) is 17.6 Å². The third kappa shape index (κ3) is 9.56. The van der Waals surface area contributed by atoms with E-state index in [1.54, 1.807) is 0 Å². The number of alkyl halides is 4. The van der Waals surface area contributed by atoms with Crippen LogP contribution in [0.25, 0.3) is 0 Å². The Morgan fingerprint density at radius 3 is 2.62 bits per heavy atom. The number of rotatable bonds is 13. The Balaban J connectivity index is 1.37. The molecule has 0 aliphatic carbocycles. The number of nitrogens with zero attached hydrogens (tertiary/aromatic N) is 7. The van der Waals surface area contributed by atoms with Crippen LogP contribution in [-0.2, 0) is 30.6 Å². The monoisotopic (exact) mass is 561 g/mol. The van der Waals surface area contributed by atoms with Gasteiger partial charge in [0.15, 0.2) is 5.69 Å². The van der Waals surface area contributed by atoms with Crippen molar-refractivity contribution in [2.45, 2.75) is 38.4 Å². The van der Waals surface area contributed by atoms with Crippen LogP contribution in [0, 0.1) is 0 Å². The molecule has 40 heavy (non-hydrogen) atoms. The van der Waals surface area contributed by atoms with E-state index in [2.05, 4.69) is 42.8 Å². The summed E-state index contributed by atoms with van der Waals surface area (Å²) in [5, 5.41) is 21.4. The van der Waals surface area contributed by atoms with Crippen LogP contribution in [0.1, 0.15) is 33.7 Å². The van der Waals surface area contributed by atoms with Gasteiger partial charge in [0.25, 0.3) is 11.8 Å². The first-order valence-corrected chi connectivity index (χ1v) is 12.0. The van der Waals surface area contributed by atoms with Gasteiger partial charge in [-0.05, 0) is 24.1 Å². The molecule has 2 aromatic heterocycles. The Hall–Kier alpha value is -4.69. The first kappa shape index (κ1) is 29.9. The summed E-state index contributed by atoms with van der Waals surface area (Å²) in [6.45, 7) is 3.52. The van der Waals surface area contributed by atoms with Crippen LogP contribution in [0.2, 0.25) is 0 Å². The van der Waals surface area contributed by atoms with Crippen LogP contribution in [-0.4, -0.2) is 56.6 Å². The Bertz CT molecular complexity index is 1330. The highest BCUT2D eigenvalue weighted by atomic mass is 19.4. The molecular formula is C25H27F4N9O2. The number of halogens is 4. The van der Waals surface area contributed by atoms with Gasteiger partial charge in [-0.3, -0.25) is 19.6 Å². The summed E-state index contributed by atoms with van der Waals surface area (Å²) >= 11 is 0. The third-order valence-corrected chi connectivity index (χ3v) is 5.37. The van der Waals surface area contributed by atoms with Crippen molar-refractivity contribution in [2.75, 3.05) is 13.6 Å². The molecule has 3 rings (SSSR count). The predicted molar refractivity (Wildman–Crippen MR) is 135 cm³/mol. The molecule has 2 N–H and O–H groups in total. The lowest BCUT2D eigenvalue weighted by molar-refractivity contribution is -0.137. The minimum absolute atomic E-state index is 0.00587. The number of aromatic nitrogens is 4. The molecule has 1 atom stereocenters. The van der Waals surface area contributed by atoms with Gasteiger partial charge in [0.2, 0.25) is 0 Å². The summed E-state index contributed by atoms with van der Waals surface area (Å²) < 4.78 is 54.1. The van der Waals surface area contributed by atoms with Crippen molar-refractivity contribution < 1.29 is 27.2 Å². The van der Waals surface area contributed by atoms with E-state index in [4.69, 9.17) is 0 Å².